The van der Waals surface area contributed by atoms with Gasteiger partial charge in [-0.2, -0.15) is 0 Å². The largest absolute Gasteiger partial charge is 0.447 e. The number of carbonyl (C=O) groups excluding carboxylic acids is 1. The Hall–Kier alpha value is -0.770. The standard InChI is InChI=1S/C9H16N2O2/c1-9(7-3-4-10-5-7)6-13-8(12)11(9)2/h7,10H,3-6H2,1-2H3. The molecule has 2 unspecified atom stereocenters. The summed E-state index contributed by atoms with van der Waals surface area (Å²) in [6, 6.07) is 0. The van der Waals surface area contributed by atoms with Crippen molar-refractivity contribution in [2.24, 2.45) is 5.92 Å². The Kier molecular flexibility index (Phi) is 1.95. The molecule has 2 aliphatic rings. The van der Waals surface area contributed by atoms with Gasteiger partial charge in [0.25, 0.3) is 0 Å². The van der Waals surface area contributed by atoms with Crippen LogP contribution in [0.3, 0.4) is 0 Å². The molecule has 74 valence electrons. The molecule has 2 heterocycles. The third-order valence-electron chi connectivity index (χ3n) is 3.47. The van der Waals surface area contributed by atoms with Gasteiger partial charge in [0.2, 0.25) is 0 Å². The maximum atomic E-state index is 11.2. The quantitative estimate of drug-likeness (QED) is 0.643. The van der Waals surface area contributed by atoms with E-state index in [0.717, 1.165) is 19.5 Å². The van der Waals surface area contributed by atoms with Crippen LogP contribution in [-0.2, 0) is 4.74 Å². The van der Waals surface area contributed by atoms with Crippen molar-refractivity contribution >= 4 is 6.09 Å². The highest BCUT2D eigenvalue weighted by Gasteiger charge is 2.47. The molecule has 2 aliphatic heterocycles. The van der Waals surface area contributed by atoms with Crippen LogP contribution in [0.4, 0.5) is 4.79 Å². The van der Waals surface area contributed by atoms with Gasteiger partial charge in [-0.25, -0.2) is 4.79 Å². The normalized spacial score (nSPS) is 39.7. The Morgan fingerprint density at radius 3 is 2.92 bits per heavy atom. The molecule has 0 radical (unpaired) electrons. The van der Waals surface area contributed by atoms with Crippen LogP contribution in [0.15, 0.2) is 0 Å². The van der Waals surface area contributed by atoms with Crippen molar-refractivity contribution in [2.45, 2.75) is 18.9 Å². The molecule has 0 bridgehead atoms. The summed E-state index contributed by atoms with van der Waals surface area (Å²) in [5, 5.41) is 3.32. The third kappa shape index (κ3) is 1.20. The molecule has 0 aromatic heterocycles. The van der Waals surface area contributed by atoms with E-state index in [1.807, 2.05) is 7.05 Å². The lowest BCUT2D eigenvalue weighted by Crippen LogP contribution is -2.49. The molecule has 1 amide bonds. The minimum Gasteiger partial charge on any atom is -0.447 e. The lowest BCUT2D eigenvalue weighted by molar-refractivity contribution is 0.146. The molecule has 0 spiro atoms. The molecule has 0 aromatic carbocycles. The van der Waals surface area contributed by atoms with E-state index in [1.165, 1.54) is 0 Å². The van der Waals surface area contributed by atoms with Crippen LogP contribution in [0.25, 0.3) is 0 Å². The number of amides is 1. The maximum Gasteiger partial charge on any atom is 0.410 e. The number of nitrogens with zero attached hydrogens (tertiary/aromatic N) is 1. The summed E-state index contributed by atoms with van der Waals surface area (Å²) in [6.45, 7) is 4.70. The predicted octanol–water partition coefficient (Wildman–Crippen LogP) is 0.437. The molecule has 2 saturated heterocycles. The molecule has 1 N–H and O–H groups in total. The summed E-state index contributed by atoms with van der Waals surface area (Å²) >= 11 is 0. The van der Waals surface area contributed by atoms with Gasteiger partial charge in [-0.1, -0.05) is 0 Å². The van der Waals surface area contributed by atoms with Gasteiger partial charge in [0.1, 0.15) is 6.61 Å². The van der Waals surface area contributed by atoms with Crippen molar-refractivity contribution in [2.75, 3.05) is 26.7 Å². The number of nitrogens with one attached hydrogen (secondary N) is 1. The van der Waals surface area contributed by atoms with Gasteiger partial charge in [-0.3, -0.25) is 0 Å². The summed E-state index contributed by atoms with van der Waals surface area (Å²) in [6.07, 6.45) is 0.951. The summed E-state index contributed by atoms with van der Waals surface area (Å²) in [4.78, 5) is 13.0. The van der Waals surface area contributed by atoms with E-state index < -0.39 is 0 Å². The minimum atomic E-state index is -0.186. The van der Waals surface area contributed by atoms with Crippen LogP contribution in [0.2, 0.25) is 0 Å². The number of rotatable bonds is 1. The maximum absolute atomic E-state index is 11.2. The summed E-state index contributed by atoms with van der Waals surface area (Å²) in [7, 11) is 1.83. The first kappa shape index (κ1) is 8.81. The molecule has 2 fully saturated rings. The molecule has 4 heteroatoms. The first-order valence-corrected chi connectivity index (χ1v) is 4.76. The fraction of sp³-hybridized carbons (Fsp3) is 0.889. The van der Waals surface area contributed by atoms with Gasteiger partial charge in [-0.15, -0.1) is 0 Å². The smallest absolute Gasteiger partial charge is 0.410 e. The van der Waals surface area contributed by atoms with Gasteiger partial charge in [-0.05, 0) is 25.8 Å². The monoisotopic (exact) mass is 184 g/mol. The summed E-state index contributed by atoms with van der Waals surface area (Å²) in [5.41, 5.74) is -0.0966. The van der Waals surface area contributed by atoms with Crippen molar-refractivity contribution in [1.29, 1.82) is 0 Å². The van der Waals surface area contributed by atoms with Gasteiger partial charge < -0.3 is 15.0 Å². The second-order valence-corrected chi connectivity index (χ2v) is 4.16. The van der Waals surface area contributed by atoms with Crippen LogP contribution >= 0.6 is 0 Å². The average molecular weight is 184 g/mol. The Balaban J connectivity index is 2.14. The molecular weight excluding hydrogens is 168 g/mol. The molecule has 2 rings (SSSR count). The minimum absolute atomic E-state index is 0.0966. The topological polar surface area (TPSA) is 41.6 Å². The number of cyclic esters (lactones) is 1. The highest BCUT2D eigenvalue weighted by Crippen LogP contribution is 2.33. The average Bonchev–Trinajstić information content (AvgIpc) is 2.71. The van der Waals surface area contributed by atoms with Crippen molar-refractivity contribution in [3.8, 4) is 0 Å². The first-order chi connectivity index (χ1) is 6.14. The molecule has 0 aromatic rings. The van der Waals surface area contributed by atoms with Crippen molar-refractivity contribution < 1.29 is 9.53 Å². The van der Waals surface area contributed by atoms with Crippen LogP contribution in [0.1, 0.15) is 13.3 Å². The van der Waals surface area contributed by atoms with E-state index in [2.05, 4.69) is 12.2 Å². The Bertz CT molecular complexity index is 226. The zero-order chi connectivity index (χ0) is 9.47. The SMILES string of the molecule is CN1C(=O)OCC1(C)C1CCNC1. The van der Waals surface area contributed by atoms with Gasteiger partial charge in [0.15, 0.2) is 0 Å². The van der Waals surface area contributed by atoms with Crippen LogP contribution in [-0.4, -0.2) is 43.3 Å². The summed E-state index contributed by atoms with van der Waals surface area (Å²) < 4.78 is 5.05. The van der Waals surface area contributed by atoms with Crippen LogP contribution < -0.4 is 5.32 Å². The number of ether oxygens (including phenoxy) is 1. The van der Waals surface area contributed by atoms with E-state index in [9.17, 15) is 4.79 Å². The van der Waals surface area contributed by atoms with E-state index >= 15 is 0 Å². The number of hydrogen-bond acceptors (Lipinski definition) is 3. The summed E-state index contributed by atoms with van der Waals surface area (Å²) in [5.74, 6) is 0.531. The van der Waals surface area contributed by atoms with E-state index in [-0.39, 0.29) is 11.6 Å². The van der Waals surface area contributed by atoms with Gasteiger partial charge in [0, 0.05) is 13.6 Å². The zero-order valence-corrected chi connectivity index (χ0v) is 8.17. The molecule has 0 aliphatic carbocycles. The molecule has 13 heavy (non-hydrogen) atoms. The Morgan fingerprint density at radius 2 is 2.46 bits per heavy atom. The predicted molar refractivity (Wildman–Crippen MR) is 48.5 cm³/mol. The van der Waals surface area contributed by atoms with E-state index in [4.69, 9.17) is 4.74 Å². The van der Waals surface area contributed by atoms with Crippen molar-refractivity contribution in [1.82, 2.24) is 10.2 Å². The number of likely N-dealkylation sites (N-methyl/N-ethyl adjacent to an activating group) is 1. The van der Waals surface area contributed by atoms with Gasteiger partial charge >= 0.3 is 6.09 Å². The number of carbonyl (C=O) groups is 1. The zero-order valence-electron chi connectivity index (χ0n) is 8.17. The molecule has 0 saturated carbocycles. The fourth-order valence-corrected chi connectivity index (χ4v) is 2.19. The molecular formula is C9H16N2O2. The lowest BCUT2D eigenvalue weighted by atomic mass is 9.85. The fourth-order valence-electron chi connectivity index (χ4n) is 2.19. The second kappa shape index (κ2) is 2.87. The Labute approximate surface area is 78.2 Å². The van der Waals surface area contributed by atoms with Crippen molar-refractivity contribution in [3.05, 3.63) is 0 Å². The molecule has 2 atom stereocenters. The third-order valence-corrected chi connectivity index (χ3v) is 3.47. The lowest BCUT2D eigenvalue weighted by Gasteiger charge is -2.34. The molecule has 4 nitrogen and oxygen atoms in total. The van der Waals surface area contributed by atoms with E-state index in [1.54, 1.807) is 4.90 Å². The Morgan fingerprint density at radius 1 is 1.69 bits per heavy atom. The van der Waals surface area contributed by atoms with E-state index in [0.29, 0.717) is 12.5 Å². The highest BCUT2D eigenvalue weighted by atomic mass is 16.6. The first-order valence-electron chi connectivity index (χ1n) is 4.76. The van der Waals surface area contributed by atoms with Crippen LogP contribution in [0, 0.1) is 5.92 Å². The van der Waals surface area contributed by atoms with Crippen molar-refractivity contribution in [3.63, 3.8) is 0 Å². The highest BCUT2D eigenvalue weighted by molar-refractivity contribution is 5.70. The van der Waals surface area contributed by atoms with Gasteiger partial charge in [0.05, 0.1) is 5.54 Å². The second-order valence-electron chi connectivity index (χ2n) is 4.16. The van der Waals surface area contributed by atoms with Crippen LogP contribution in [0.5, 0.6) is 0 Å². The number of hydrogen-bond donors (Lipinski definition) is 1.